The van der Waals surface area contributed by atoms with Crippen LogP contribution in [0.1, 0.15) is 16.7 Å². The van der Waals surface area contributed by atoms with Crippen LogP contribution in [0.15, 0.2) is 64.1 Å². The fourth-order valence-electron chi connectivity index (χ4n) is 3.36. The van der Waals surface area contributed by atoms with E-state index in [-0.39, 0.29) is 22.2 Å². The van der Waals surface area contributed by atoms with Crippen molar-refractivity contribution in [3.8, 4) is 28.7 Å². The SMILES string of the molecule is N#Cc1c(C(F)(F)F)cc(-c2cc(-c3ccnc(Cl)c3)co2)n(Cc2ccc(F)cc2F)c1=O. The Balaban J connectivity index is 1.94. The molecule has 0 spiro atoms. The van der Waals surface area contributed by atoms with Crippen LogP contribution in [0.4, 0.5) is 22.0 Å². The Morgan fingerprint density at radius 2 is 1.85 bits per heavy atom. The van der Waals surface area contributed by atoms with Gasteiger partial charge in [0.1, 0.15) is 28.4 Å². The van der Waals surface area contributed by atoms with Crippen molar-refractivity contribution < 1.29 is 26.4 Å². The second-order valence-corrected chi connectivity index (χ2v) is 7.51. The van der Waals surface area contributed by atoms with E-state index < -0.39 is 41.0 Å². The molecule has 4 aromatic rings. The van der Waals surface area contributed by atoms with E-state index in [9.17, 15) is 32.0 Å². The molecule has 0 amide bonds. The smallest absolute Gasteiger partial charge is 0.417 e. The fraction of sp³-hybridized carbons (Fsp3) is 0.0870. The van der Waals surface area contributed by atoms with E-state index in [2.05, 4.69) is 4.98 Å². The Labute approximate surface area is 193 Å². The summed E-state index contributed by atoms with van der Waals surface area (Å²) in [6, 6.07) is 8.88. The van der Waals surface area contributed by atoms with Crippen molar-refractivity contribution in [1.29, 1.82) is 5.26 Å². The Morgan fingerprint density at radius 3 is 2.50 bits per heavy atom. The molecule has 11 heteroatoms. The number of hydrogen-bond donors (Lipinski definition) is 0. The molecular weight excluding hydrogens is 481 g/mol. The Hall–Kier alpha value is -3.97. The number of halogens is 6. The van der Waals surface area contributed by atoms with Crippen molar-refractivity contribution in [2.75, 3.05) is 0 Å². The predicted molar refractivity (Wildman–Crippen MR) is 112 cm³/mol. The lowest BCUT2D eigenvalue weighted by Gasteiger charge is -2.16. The average Bonchev–Trinajstić information content (AvgIpc) is 3.26. The third-order valence-electron chi connectivity index (χ3n) is 4.97. The van der Waals surface area contributed by atoms with Crippen LogP contribution in [0.3, 0.4) is 0 Å². The molecule has 34 heavy (non-hydrogen) atoms. The van der Waals surface area contributed by atoms with Gasteiger partial charge in [-0.25, -0.2) is 13.8 Å². The highest BCUT2D eigenvalue weighted by molar-refractivity contribution is 6.29. The summed E-state index contributed by atoms with van der Waals surface area (Å²) in [6.45, 7) is -0.579. The highest BCUT2D eigenvalue weighted by Gasteiger charge is 2.37. The second-order valence-electron chi connectivity index (χ2n) is 7.12. The van der Waals surface area contributed by atoms with Crippen LogP contribution in [0, 0.1) is 23.0 Å². The summed E-state index contributed by atoms with van der Waals surface area (Å²) in [7, 11) is 0. The van der Waals surface area contributed by atoms with Gasteiger partial charge in [-0.15, -0.1) is 0 Å². The quantitative estimate of drug-likeness (QED) is 0.258. The summed E-state index contributed by atoms with van der Waals surface area (Å²) in [6.07, 6.45) is -2.37. The number of nitrogens with zero attached hydrogens (tertiary/aromatic N) is 3. The molecule has 0 aliphatic carbocycles. The molecule has 3 aromatic heterocycles. The molecule has 0 N–H and O–H groups in total. The maximum atomic E-state index is 14.3. The van der Waals surface area contributed by atoms with Gasteiger partial charge in [-0.3, -0.25) is 9.36 Å². The maximum absolute atomic E-state index is 14.3. The van der Waals surface area contributed by atoms with Gasteiger partial charge < -0.3 is 4.42 Å². The zero-order valence-electron chi connectivity index (χ0n) is 16.8. The monoisotopic (exact) mass is 491 g/mol. The zero-order valence-corrected chi connectivity index (χ0v) is 17.6. The molecule has 1 aromatic carbocycles. The van der Waals surface area contributed by atoms with E-state index in [1.165, 1.54) is 30.7 Å². The number of hydrogen-bond acceptors (Lipinski definition) is 4. The van der Waals surface area contributed by atoms with Crippen molar-refractivity contribution in [2.45, 2.75) is 12.7 Å². The van der Waals surface area contributed by atoms with Gasteiger partial charge in [0.2, 0.25) is 0 Å². The first-order valence-corrected chi connectivity index (χ1v) is 9.86. The van der Waals surface area contributed by atoms with Crippen molar-refractivity contribution in [1.82, 2.24) is 9.55 Å². The molecule has 0 atom stereocenters. The Morgan fingerprint density at radius 1 is 1.09 bits per heavy atom. The van der Waals surface area contributed by atoms with Gasteiger partial charge in [0.15, 0.2) is 5.76 Å². The van der Waals surface area contributed by atoms with E-state index in [4.69, 9.17) is 16.0 Å². The molecular formula is C23H11ClF5N3O2. The van der Waals surface area contributed by atoms with E-state index in [1.54, 1.807) is 6.07 Å². The number of pyridine rings is 2. The van der Waals surface area contributed by atoms with Crippen molar-refractivity contribution >= 4 is 11.6 Å². The summed E-state index contributed by atoms with van der Waals surface area (Å²) in [5.41, 5.74) is -3.50. The van der Waals surface area contributed by atoms with Crippen LogP contribution in [0.2, 0.25) is 5.15 Å². The van der Waals surface area contributed by atoms with Gasteiger partial charge in [0, 0.05) is 23.4 Å². The molecule has 0 saturated carbocycles. The van der Waals surface area contributed by atoms with Crippen LogP contribution in [-0.2, 0) is 12.7 Å². The highest BCUT2D eigenvalue weighted by atomic mass is 35.5. The van der Waals surface area contributed by atoms with Crippen LogP contribution in [0.25, 0.3) is 22.6 Å². The molecule has 0 fully saturated rings. The number of rotatable bonds is 4. The largest absolute Gasteiger partial charge is 0.462 e. The second kappa shape index (κ2) is 8.76. The summed E-state index contributed by atoms with van der Waals surface area (Å²) < 4.78 is 74.7. The topological polar surface area (TPSA) is 71.8 Å². The van der Waals surface area contributed by atoms with E-state index in [0.29, 0.717) is 23.3 Å². The van der Waals surface area contributed by atoms with Crippen LogP contribution >= 0.6 is 11.6 Å². The standard InChI is InChI=1S/C23H11ClF5N3O2/c24-21-6-12(3-4-31-21)14-5-20(34-11-14)19-8-17(23(27,28)29)16(9-30)22(33)32(19)10-13-1-2-15(25)7-18(13)26/h1-8,11H,10H2. The van der Waals surface area contributed by atoms with Crippen molar-refractivity contribution in [3.05, 3.63) is 98.8 Å². The maximum Gasteiger partial charge on any atom is 0.417 e. The lowest BCUT2D eigenvalue weighted by atomic mass is 10.1. The molecule has 0 aliphatic rings. The summed E-state index contributed by atoms with van der Waals surface area (Å²) in [5.74, 6) is -2.04. The summed E-state index contributed by atoms with van der Waals surface area (Å²) in [5, 5.41) is 9.42. The predicted octanol–water partition coefficient (Wildman–Crippen LogP) is 6.04. The normalized spacial score (nSPS) is 11.4. The molecule has 0 aliphatic heterocycles. The molecule has 172 valence electrons. The van der Waals surface area contributed by atoms with Gasteiger partial charge in [0.25, 0.3) is 5.56 Å². The van der Waals surface area contributed by atoms with Gasteiger partial charge in [-0.05, 0) is 35.9 Å². The Bertz CT molecular complexity index is 1500. The van der Waals surface area contributed by atoms with Gasteiger partial charge in [0.05, 0.1) is 24.1 Å². The minimum Gasteiger partial charge on any atom is -0.462 e. The third-order valence-corrected chi connectivity index (χ3v) is 5.18. The third kappa shape index (κ3) is 4.43. The molecule has 3 heterocycles. The van der Waals surface area contributed by atoms with E-state index >= 15 is 0 Å². The average molecular weight is 492 g/mol. The zero-order chi connectivity index (χ0) is 24.6. The van der Waals surface area contributed by atoms with Crippen LogP contribution < -0.4 is 5.56 Å². The lowest BCUT2D eigenvalue weighted by Crippen LogP contribution is -2.29. The van der Waals surface area contributed by atoms with E-state index in [0.717, 1.165) is 16.7 Å². The van der Waals surface area contributed by atoms with Crippen molar-refractivity contribution in [3.63, 3.8) is 0 Å². The first-order chi connectivity index (χ1) is 16.1. The number of alkyl halides is 3. The van der Waals surface area contributed by atoms with Gasteiger partial charge in [-0.1, -0.05) is 17.7 Å². The minimum atomic E-state index is -5.02. The minimum absolute atomic E-state index is 0.155. The van der Waals surface area contributed by atoms with Gasteiger partial charge >= 0.3 is 6.18 Å². The summed E-state index contributed by atoms with van der Waals surface area (Å²) in [4.78, 5) is 16.8. The molecule has 4 rings (SSSR count). The molecule has 0 saturated heterocycles. The fourth-order valence-corrected chi connectivity index (χ4v) is 3.54. The molecule has 0 radical (unpaired) electrons. The summed E-state index contributed by atoms with van der Waals surface area (Å²) >= 11 is 5.88. The van der Waals surface area contributed by atoms with Crippen molar-refractivity contribution in [2.24, 2.45) is 0 Å². The van der Waals surface area contributed by atoms with Crippen LogP contribution in [0.5, 0.6) is 0 Å². The molecule has 0 bridgehead atoms. The Kier molecular flexibility index (Phi) is 5.98. The van der Waals surface area contributed by atoms with Gasteiger partial charge in [-0.2, -0.15) is 18.4 Å². The molecule has 5 nitrogen and oxygen atoms in total. The highest BCUT2D eigenvalue weighted by Crippen LogP contribution is 2.35. The first kappa shape index (κ1) is 23.2. The van der Waals surface area contributed by atoms with Crippen LogP contribution in [-0.4, -0.2) is 9.55 Å². The lowest BCUT2D eigenvalue weighted by molar-refractivity contribution is -0.137. The first-order valence-electron chi connectivity index (χ1n) is 9.48. The number of nitriles is 1. The number of aromatic nitrogens is 2. The number of furan rings is 1. The van der Waals surface area contributed by atoms with E-state index in [1.807, 2.05) is 0 Å². The molecule has 0 unspecified atom stereocenters. The number of benzene rings is 1.